The van der Waals surface area contributed by atoms with Crippen LogP contribution >= 0.6 is 0 Å². The molecule has 0 bridgehead atoms. The Morgan fingerprint density at radius 1 is 1.07 bits per heavy atom. The molecule has 0 fully saturated rings. The van der Waals surface area contributed by atoms with Gasteiger partial charge in [0.25, 0.3) is 0 Å². The molecule has 2 N–H and O–H groups in total. The van der Waals surface area contributed by atoms with E-state index in [2.05, 4.69) is 10.6 Å². The molecule has 0 radical (unpaired) electrons. The summed E-state index contributed by atoms with van der Waals surface area (Å²) in [6, 6.07) is 11.3. The van der Waals surface area contributed by atoms with Crippen LogP contribution in [-0.2, 0) is 22.4 Å². The van der Waals surface area contributed by atoms with E-state index in [0.29, 0.717) is 38.8 Å². The minimum absolute atomic E-state index is 0.00591. The summed E-state index contributed by atoms with van der Waals surface area (Å²) in [5, 5.41) is 5.78. The predicted molar refractivity (Wildman–Crippen MR) is 114 cm³/mol. The van der Waals surface area contributed by atoms with E-state index in [4.69, 9.17) is 14.2 Å². The Kier molecular flexibility index (Phi) is 7.54. The first-order valence-corrected chi connectivity index (χ1v) is 10.1. The van der Waals surface area contributed by atoms with Gasteiger partial charge in [0, 0.05) is 25.1 Å². The lowest BCUT2D eigenvalue weighted by Gasteiger charge is -2.17. The van der Waals surface area contributed by atoms with Gasteiger partial charge in [-0.05, 0) is 66.8 Å². The maximum absolute atomic E-state index is 12.1. The monoisotopic (exact) mass is 412 g/mol. The zero-order valence-corrected chi connectivity index (χ0v) is 17.5. The van der Waals surface area contributed by atoms with Crippen molar-refractivity contribution in [1.29, 1.82) is 0 Å². The molecule has 7 heteroatoms. The van der Waals surface area contributed by atoms with Crippen LogP contribution in [0, 0.1) is 0 Å². The van der Waals surface area contributed by atoms with Crippen molar-refractivity contribution in [2.24, 2.45) is 0 Å². The van der Waals surface area contributed by atoms with Crippen LogP contribution in [0.5, 0.6) is 17.2 Å². The maximum Gasteiger partial charge on any atom is 0.224 e. The molecule has 2 aromatic rings. The molecule has 2 amide bonds. The minimum atomic E-state index is -0.00591. The lowest BCUT2D eigenvalue weighted by Crippen LogP contribution is -2.26. The average Bonchev–Trinajstić information content (AvgIpc) is 2.76. The third-order valence-corrected chi connectivity index (χ3v) is 4.99. The van der Waals surface area contributed by atoms with Crippen LogP contribution < -0.4 is 24.8 Å². The molecule has 1 aliphatic rings. The molecule has 0 spiro atoms. The van der Waals surface area contributed by atoms with Gasteiger partial charge in [0.05, 0.1) is 20.8 Å². The van der Waals surface area contributed by atoms with Gasteiger partial charge in [0.15, 0.2) is 0 Å². The molecular weight excluding hydrogens is 384 g/mol. The fourth-order valence-electron chi connectivity index (χ4n) is 3.37. The molecular formula is C23H28N2O5. The number of carbonyl (C=O) groups excluding carboxylic acids is 2. The molecule has 0 saturated carbocycles. The van der Waals surface area contributed by atoms with Gasteiger partial charge in [-0.3, -0.25) is 9.59 Å². The molecule has 3 rings (SSSR count). The van der Waals surface area contributed by atoms with Gasteiger partial charge < -0.3 is 24.8 Å². The van der Waals surface area contributed by atoms with Gasteiger partial charge in [-0.1, -0.05) is 0 Å². The predicted octanol–water partition coefficient (Wildman–Crippen LogP) is 3.11. The molecule has 1 heterocycles. The Balaban J connectivity index is 1.36. The van der Waals surface area contributed by atoms with E-state index in [1.54, 1.807) is 14.2 Å². The molecule has 0 aromatic heterocycles. The number of aryl methyl sites for hydroxylation is 1. The van der Waals surface area contributed by atoms with E-state index in [0.717, 1.165) is 40.5 Å². The highest BCUT2D eigenvalue weighted by Gasteiger charge is 2.15. The van der Waals surface area contributed by atoms with Crippen molar-refractivity contribution in [2.45, 2.75) is 32.1 Å². The number of fused-ring (bicyclic) bond motifs is 1. The maximum atomic E-state index is 12.1. The lowest BCUT2D eigenvalue weighted by molar-refractivity contribution is -0.121. The van der Waals surface area contributed by atoms with Gasteiger partial charge in [0.1, 0.15) is 17.2 Å². The second-order valence-corrected chi connectivity index (χ2v) is 7.10. The molecule has 0 saturated heterocycles. The number of benzene rings is 2. The summed E-state index contributed by atoms with van der Waals surface area (Å²) in [5.74, 6) is 2.35. The SMILES string of the molecule is COc1ccc(OC)c(CCNC(=O)CCCOc2ccc3c(c2)CCC(=O)N3)c1. The quantitative estimate of drug-likeness (QED) is 0.586. The first kappa shape index (κ1) is 21.5. The van der Waals surface area contributed by atoms with Crippen LogP contribution in [0.4, 0.5) is 5.69 Å². The fraction of sp³-hybridized carbons (Fsp3) is 0.391. The number of methoxy groups -OCH3 is 2. The van der Waals surface area contributed by atoms with Crippen molar-refractivity contribution >= 4 is 17.5 Å². The molecule has 160 valence electrons. The summed E-state index contributed by atoms with van der Waals surface area (Å²) in [6.07, 6.45) is 2.91. The lowest BCUT2D eigenvalue weighted by atomic mass is 10.0. The van der Waals surface area contributed by atoms with Crippen molar-refractivity contribution in [2.75, 3.05) is 32.7 Å². The highest BCUT2D eigenvalue weighted by Crippen LogP contribution is 2.27. The summed E-state index contributed by atoms with van der Waals surface area (Å²) >= 11 is 0. The molecule has 0 unspecified atom stereocenters. The van der Waals surface area contributed by atoms with Gasteiger partial charge >= 0.3 is 0 Å². The zero-order valence-electron chi connectivity index (χ0n) is 17.5. The summed E-state index contributed by atoms with van der Waals surface area (Å²) in [5.41, 5.74) is 2.92. The zero-order chi connectivity index (χ0) is 21.3. The number of carbonyl (C=O) groups is 2. The van der Waals surface area contributed by atoms with Crippen molar-refractivity contribution in [1.82, 2.24) is 5.32 Å². The first-order chi connectivity index (χ1) is 14.6. The third-order valence-electron chi connectivity index (χ3n) is 4.99. The Labute approximate surface area is 176 Å². The number of ether oxygens (including phenoxy) is 3. The highest BCUT2D eigenvalue weighted by atomic mass is 16.5. The number of anilines is 1. The Morgan fingerprint density at radius 2 is 1.90 bits per heavy atom. The Morgan fingerprint density at radius 3 is 2.70 bits per heavy atom. The summed E-state index contributed by atoms with van der Waals surface area (Å²) < 4.78 is 16.4. The second kappa shape index (κ2) is 10.5. The molecule has 0 aliphatic carbocycles. The van der Waals surface area contributed by atoms with Crippen molar-refractivity contribution in [3.8, 4) is 17.2 Å². The third kappa shape index (κ3) is 5.89. The van der Waals surface area contributed by atoms with Crippen LogP contribution in [0.25, 0.3) is 0 Å². The fourth-order valence-corrected chi connectivity index (χ4v) is 3.37. The molecule has 2 aromatic carbocycles. The minimum Gasteiger partial charge on any atom is -0.497 e. The number of hydrogen-bond acceptors (Lipinski definition) is 5. The van der Waals surface area contributed by atoms with Crippen molar-refractivity contribution in [3.05, 3.63) is 47.5 Å². The van der Waals surface area contributed by atoms with Gasteiger partial charge in [-0.15, -0.1) is 0 Å². The van der Waals surface area contributed by atoms with Crippen LogP contribution in [0.15, 0.2) is 36.4 Å². The van der Waals surface area contributed by atoms with Crippen LogP contribution in [0.2, 0.25) is 0 Å². The van der Waals surface area contributed by atoms with Crippen molar-refractivity contribution in [3.63, 3.8) is 0 Å². The molecule has 30 heavy (non-hydrogen) atoms. The van der Waals surface area contributed by atoms with Crippen molar-refractivity contribution < 1.29 is 23.8 Å². The van der Waals surface area contributed by atoms with E-state index in [1.165, 1.54) is 0 Å². The van der Waals surface area contributed by atoms with E-state index >= 15 is 0 Å². The second-order valence-electron chi connectivity index (χ2n) is 7.10. The summed E-state index contributed by atoms with van der Waals surface area (Å²) in [4.78, 5) is 23.5. The molecule has 0 atom stereocenters. The summed E-state index contributed by atoms with van der Waals surface area (Å²) in [7, 11) is 3.25. The van der Waals surface area contributed by atoms with E-state index in [1.807, 2.05) is 36.4 Å². The van der Waals surface area contributed by atoms with Gasteiger partial charge in [-0.25, -0.2) is 0 Å². The topological polar surface area (TPSA) is 85.9 Å². The number of rotatable bonds is 10. The number of amides is 2. The average molecular weight is 412 g/mol. The smallest absolute Gasteiger partial charge is 0.224 e. The van der Waals surface area contributed by atoms with Gasteiger partial charge in [0.2, 0.25) is 11.8 Å². The van der Waals surface area contributed by atoms with Crippen LogP contribution in [0.1, 0.15) is 30.4 Å². The summed E-state index contributed by atoms with van der Waals surface area (Å²) in [6.45, 7) is 0.988. The normalized spacial score (nSPS) is 12.5. The Hall–Kier alpha value is -3.22. The van der Waals surface area contributed by atoms with E-state index in [-0.39, 0.29) is 11.8 Å². The highest BCUT2D eigenvalue weighted by molar-refractivity contribution is 5.94. The van der Waals surface area contributed by atoms with Crippen LogP contribution in [0.3, 0.4) is 0 Å². The number of nitrogens with one attached hydrogen (secondary N) is 2. The Bertz CT molecular complexity index is 897. The van der Waals surface area contributed by atoms with E-state index in [9.17, 15) is 9.59 Å². The first-order valence-electron chi connectivity index (χ1n) is 10.1. The molecule has 7 nitrogen and oxygen atoms in total. The van der Waals surface area contributed by atoms with Crippen LogP contribution in [-0.4, -0.2) is 39.2 Å². The molecule has 1 aliphatic heterocycles. The van der Waals surface area contributed by atoms with E-state index < -0.39 is 0 Å². The largest absolute Gasteiger partial charge is 0.497 e. The van der Waals surface area contributed by atoms with Gasteiger partial charge in [-0.2, -0.15) is 0 Å². The standard InChI is InChI=1S/C23H28N2O5/c1-28-18-7-9-21(29-2)17(15-18)11-12-24-22(26)4-3-13-30-19-6-8-20-16(14-19)5-10-23(27)25-20/h6-9,14-15H,3-5,10-13H2,1-2H3,(H,24,26)(H,25,27). The number of hydrogen-bond donors (Lipinski definition) is 2.